The third-order valence-electron chi connectivity index (χ3n) is 2.93. The number of methoxy groups -OCH3 is 1. The average molecular weight is 293 g/mol. The Morgan fingerprint density at radius 3 is 2.80 bits per heavy atom. The second-order valence-corrected chi connectivity index (χ2v) is 6.11. The van der Waals surface area contributed by atoms with Crippen LogP contribution in [0.2, 0.25) is 0 Å². The van der Waals surface area contributed by atoms with Crippen molar-refractivity contribution in [2.45, 2.75) is 20.8 Å². The Hall–Kier alpha value is -1.59. The minimum Gasteiger partial charge on any atom is -0.497 e. The number of ether oxygens (including phenoxy) is 1. The zero-order chi connectivity index (χ0) is 14.7. The monoisotopic (exact) mass is 293 g/mol. The maximum absolute atomic E-state index is 12.1. The Kier molecular flexibility index (Phi) is 4.62. The Bertz CT molecular complexity index is 619. The largest absolute Gasteiger partial charge is 0.497 e. The number of carbonyl (C=O) groups is 1. The fourth-order valence-corrected chi connectivity index (χ4v) is 2.94. The second-order valence-electron chi connectivity index (χ2n) is 5.05. The highest BCUT2D eigenvalue weighted by Crippen LogP contribution is 2.33. The molecule has 2 aromatic rings. The first-order chi connectivity index (χ1) is 9.52. The molecular weight excluding hydrogens is 274 g/mol. The van der Waals surface area contributed by atoms with E-state index in [0.717, 1.165) is 21.4 Å². The normalized spacial score (nSPS) is 11.1. The molecule has 1 aromatic carbocycles. The molecular formula is C15H19NO3S. The number of hydrogen-bond donors (Lipinski definition) is 1. The van der Waals surface area contributed by atoms with Crippen molar-refractivity contribution in [1.29, 1.82) is 0 Å². The van der Waals surface area contributed by atoms with Gasteiger partial charge in [0.15, 0.2) is 0 Å². The van der Waals surface area contributed by atoms with Crippen LogP contribution in [0.1, 0.15) is 29.1 Å². The van der Waals surface area contributed by atoms with E-state index in [1.165, 1.54) is 11.3 Å². The predicted molar refractivity (Wildman–Crippen MR) is 81.4 cm³/mol. The summed E-state index contributed by atoms with van der Waals surface area (Å²) in [5, 5.41) is 1.04. The van der Waals surface area contributed by atoms with Crippen molar-refractivity contribution in [3.05, 3.63) is 28.6 Å². The minimum absolute atomic E-state index is 0.191. The zero-order valence-electron chi connectivity index (χ0n) is 12.1. The quantitative estimate of drug-likeness (QED) is 0.858. The van der Waals surface area contributed by atoms with Gasteiger partial charge in [-0.2, -0.15) is 0 Å². The molecule has 0 aliphatic carbocycles. The highest BCUT2D eigenvalue weighted by Gasteiger charge is 2.16. The van der Waals surface area contributed by atoms with Gasteiger partial charge in [-0.3, -0.25) is 9.63 Å². The number of nitrogens with one attached hydrogen (secondary N) is 1. The van der Waals surface area contributed by atoms with E-state index in [4.69, 9.17) is 9.57 Å². The van der Waals surface area contributed by atoms with E-state index in [1.54, 1.807) is 7.11 Å². The van der Waals surface area contributed by atoms with Crippen LogP contribution in [-0.4, -0.2) is 19.6 Å². The summed E-state index contributed by atoms with van der Waals surface area (Å²) >= 11 is 1.46. The molecule has 1 aromatic heterocycles. The first-order valence-electron chi connectivity index (χ1n) is 6.52. The van der Waals surface area contributed by atoms with Gasteiger partial charge in [0, 0.05) is 4.70 Å². The fraction of sp³-hybridized carbons (Fsp3) is 0.400. The van der Waals surface area contributed by atoms with Gasteiger partial charge in [0.1, 0.15) is 5.75 Å². The van der Waals surface area contributed by atoms with Gasteiger partial charge >= 0.3 is 0 Å². The molecule has 1 amide bonds. The molecule has 1 heterocycles. The fourth-order valence-electron chi connectivity index (χ4n) is 1.86. The zero-order valence-corrected chi connectivity index (χ0v) is 13.0. The maximum atomic E-state index is 12.1. The molecule has 5 heteroatoms. The van der Waals surface area contributed by atoms with Crippen molar-refractivity contribution >= 4 is 27.3 Å². The molecule has 0 fully saturated rings. The van der Waals surface area contributed by atoms with Gasteiger partial charge in [0.05, 0.1) is 18.6 Å². The molecule has 4 nitrogen and oxygen atoms in total. The third-order valence-corrected chi connectivity index (χ3v) is 4.20. The lowest BCUT2D eigenvalue weighted by Gasteiger charge is -2.07. The van der Waals surface area contributed by atoms with E-state index in [9.17, 15) is 4.79 Å². The van der Waals surface area contributed by atoms with E-state index in [0.29, 0.717) is 17.4 Å². The lowest BCUT2D eigenvalue weighted by molar-refractivity contribution is 0.0211. The van der Waals surface area contributed by atoms with Gasteiger partial charge in [-0.1, -0.05) is 13.8 Å². The number of aryl methyl sites for hydroxylation is 1. The van der Waals surface area contributed by atoms with Crippen LogP contribution in [0, 0.1) is 12.8 Å². The summed E-state index contributed by atoms with van der Waals surface area (Å²) in [6, 6.07) is 5.82. The summed E-state index contributed by atoms with van der Waals surface area (Å²) < 4.78 is 6.28. The summed E-state index contributed by atoms with van der Waals surface area (Å²) in [4.78, 5) is 18.0. The lowest BCUT2D eigenvalue weighted by Crippen LogP contribution is -2.25. The molecule has 0 spiro atoms. The van der Waals surface area contributed by atoms with Crippen LogP contribution in [0.15, 0.2) is 18.2 Å². The molecule has 0 unspecified atom stereocenters. The van der Waals surface area contributed by atoms with Gasteiger partial charge in [0.2, 0.25) is 0 Å². The predicted octanol–water partition coefficient (Wildman–Crippen LogP) is 3.54. The highest BCUT2D eigenvalue weighted by molar-refractivity contribution is 7.21. The molecule has 20 heavy (non-hydrogen) atoms. The van der Waals surface area contributed by atoms with Gasteiger partial charge < -0.3 is 4.74 Å². The van der Waals surface area contributed by atoms with Crippen molar-refractivity contribution in [2.75, 3.05) is 13.7 Å². The average Bonchev–Trinajstić information content (AvgIpc) is 2.75. The highest BCUT2D eigenvalue weighted by atomic mass is 32.1. The summed E-state index contributed by atoms with van der Waals surface area (Å²) in [6.07, 6.45) is 0. The van der Waals surface area contributed by atoms with Crippen LogP contribution < -0.4 is 10.2 Å². The summed E-state index contributed by atoms with van der Waals surface area (Å²) in [6.45, 7) is 6.51. The number of hydroxylamine groups is 1. The Morgan fingerprint density at radius 1 is 1.40 bits per heavy atom. The smallest absolute Gasteiger partial charge is 0.285 e. The van der Waals surface area contributed by atoms with Gasteiger partial charge in [0.25, 0.3) is 5.91 Å². The van der Waals surface area contributed by atoms with Crippen molar-refractivity contribution in [3.8, 4) is 5.75 Å². The van der Waals surface area contributed by atoms with Crippen molar-refractivity contribution < 1.29 is 14.4 Å². The molecule has 0 bridgehead atoms. The van der Waals surface area contributed by atoms with Crippen molar-refractivity contribution in [1.82, 2.24) is 5.48 Å². The number of fused-ring (bicyclic) bond motifs is 1. The van der Waals surface area contributed by atoms with Gasteiger partial charge in [-0.15, -0.1) is 11.3 Å². The number of benzene rings is 1. The third kappa shape index (κ3) is 3.11. The molecule has 108 valence electrons. The molecule has 2 rings (SSSR count). The van der Waals surface area contributed by atoms with E-state index in [2.05, 4.69) is 5.48 Å². The van der Waals surface area contributed by atoms with Crippen LogP contribution in [0.25, 0.3) is 10.1 Å². The molecule has 1 N–H and O–H groups in total. The van der Waals surface area contributed by atoms with E-state index in [1.807, 2.05) is 39.0 Å². The first-order valence-corrected chi connectivity index (χ1v) is 7.34. The minimum atomic E-state index is -0.191. The lowest BCUT2D eigenvalue weighted by atomic mass is 10.1. The topological polar surface area (TPSA) is 47.6 Å². The SMILES string of the molecule is COc1ccc2sc(C(=O)NOCC(C)C)c(C)c2c1. The molecule has 0 saturated heterocycles. The Labute approximate surface area is 122 Å². The van der Waals surface area contributed by atoms with Crippen LogP contribution in [0.5, 0.6) is 5.75 Å². The summed E-state index contributed by atoms with van der Waals surface area (Å²) in [5.74, 6) is 0.979. The van der Waals surface area contributed by atoms with E-state index >= 15 is 0 Å². The van der Waals surface area contributed by atoms with Gasteiger partial charge in [-0.25, -0.2) is 5.48 Å². The van der Waals surface area contributed by atoms with Crippen LogP contribution in [0.4, 0.5) is 0 Å². The van der Waals surface area contributed by atoms with Crippen molar-refractivity contribution in [3.63, 3.8) is 0 Å². The van der Waals surface area contributed by atoms with Crippen LogP contribution in [0.3, 0.4) is 0 Å². The maximum Gasteiger partial charge on any atom is 0.285 e. The number of hydrogen-bond acceptors (Lipinski definition) is 4. The number of carbonyl (C=O) groups excluding carboxylic acids is 1. The van der Waals surface area contributed by atoms with Crippen LogP contribution in [-0.2, 0) is 4.84 Å². The van der Waals surface area contributed by atoms with Crippen molar-refractivity contribution in [2.24, 2.45) is 5.92 Å². The molecule has 0 saturated carbocycles. The first kappa shape index (κ1) is 14.8. The number of thiophene rings is 1. The Balaban J connectivity index is 2.21. The molecule has 0 aliphatic rings. The van der Waals surface area contributed by atoms with Crippen LogP contribution >= 0.6 is 11.3 Å². The molecule has 0 radical (unpaired) electrons. The summed E-state index contributed by atoms with van der Waals surface area (Å²) in [7, 11) is 1.64. The van der Waals surface area contributed by atoms with E-state index < -0.39 is 0 Å². The van der Waals surface area contributed by atoms with Gasteiger partial charge in [-0.05, 0) is 42.0 Å². The summed E-state index contributed by atoms with van der Waals surface area (Å²) in [5.41, 5.74) is 3.45. The Morgan fingerprint density at radius 2 is 2.15 bits per heavy atom. The number of amides is 1. The standard InChI is InChI=1S/C15H19NO3S/c1-9(2)8-19-16-15(17)14-10(3)12-7-11(18-4)5-6-13(12)20-14/h5-7,9H,8H2,1-4H3,(H,16,17). The number of rotatable bonds is 5. The molecule has 0 atom stereocenters. The molecule has 0 aliphatic heterocycles. The second kappa shape index (κ2) is 6.24. The van der Waals surface area contributed by atoms with E-state index in [-0.39, 0.29) is 5.91 Å².